The van der Waals surface area contributed by atoms with Crippen molar-refractivity contribution < 1.29 is 14.3 Å². The van der Waals surface area contributed by atoms with Gasteiger partial charge in [-0.15, -0.1) is 0 Å². The number of amides is 2. The maximum Gasteiger partial charge on any atom is 0.246 e. The van der Waals surface area contributed by atoms with Crippen molar-refractivity contribution in [3.8, 4) is 0 Å². The number of ether oxygens (including phenoxy) is 1. The van der Waals surface area contributed by atoms with E-state index in [4.69, 9.17) is 4.74 Å². The summed E-state index contributed by atoms with van der Waals surface area (Å²) in [6.07, 6.45) is 5.19. The smallest absolute Gasteiger partial charge is 0.246 e. The normalized spacial score (nSPS) is 17.5. The largest absolute Gasteiger partial charge is 0.372 e. The van der Waals surface area contributed by atoms with Crippen molar-refractivity contribution in [3.05, 3.63) is 23.8 Å². The Morgan fingerprint density at radius 1 is 1.45 bits per heavy atom. The second kappa shape index (κ2) is 7.84. The molecular weight excluding hydrogens is 284 g/mol. The first-order chi connectivity index (χ1) is 10.6. The molecule has 0 radical (unpaired) electrons. The number of aromatic nitrogens is 2. The molecule has 0 saturated carbocycles. The van der Waals surface area contributed by atoms with Gasteiger partial charge in [0.1, 0.15) is 6.61 Å². The molecule has 0 unspecified atom stereocenters. The predicted octanol–water partition coefficient (Wildman–Crippen LogP) is 0.813. The Morgan fingerprint density at radius 3 is 3.00 bits per heavy atom. The van der Waals surface area contributed by atoms with Crippen LogP contribution in [0.3, 0.4) is 0 Å². The standard InChI is InChI=1S/C15H22N4O3/c1-3-22-10-15(21)17-8-12-7-16-9-13(18-12)14-5-4-6-19(14)11(2)20/h7,9,14H,3-6,8,10H2,1-2H3,(H,17,21)/t14-/m0/s1. The molecule has 1 aliphatic heterocycles. The molecule has 0 aliphatic carbocycles. The van der Waals surface area contributed by atoms with Crippen LogP contribution in [0.4, 0.5) is 0 Å². The van der Waals surface area contributed by atoms with Crippen LogP contribution in [0.1, 0.15) is 44.1 Å². The van der Waals surface area contributed by atoms with Gasteiger partial charge in [0.15, 0.2) is 0 Å². The molecular formula is C15H22N4O3. The first-order valence-corrected chi connectivity index (χ1v) is 7.54. The summed E-state index contributed by atoms with van der Waals surface area (Å²) in [5, 5.41) is 2.74. The number of carbonyl (C=O) groups is 2. The van der Waals surface area contributed by atoms with Gasteiger partial charge in [-0.2, -0.15) is 0 Å². The number of carbonyl (C=O) groups excluding carboxylic acids is 2. The van der Waals surface area contributed by atoms with Gasteiger partial charge in [-0.25, -0.2) is 0 Å². The van der Waals surface area contributed by atoms with E-state index in [1.807, 2.05) is 11.8 Å². The second-order valence-electron chi connectivity index (χ2n) is 5.22. The highest BCUT2D eigenvalue weighted by Crippen LogP contribution is 2.30. The van der Waals surface area contributed by atoms with Gasteiger partial charge in [0.2, 0.25) is 11.8 Å². The third kappa shape index (κ3) is 4.24. The van der Waals surface area contributed by atoms with E-state index in [0.717, 1.165) is 25.1 Å². The number of likely N-dealkylation sites (tertiary alicyclic amines) is 1. The Balaban J connectivity index is 1.98. The van der Waals surface area contributed by atoms with E-state index >= 15 is 0 Å². The average Bonchev–Trinajstić information content (AvgIpc) is 3.01. The van der Waals surface area contributed by atoms with Crippen molar-refractivity contribution in [1.82, 2.24) is 20.2 Å². The van der Waals surface area contributed by atoms with Gasteiger partial charge in [-0.05, 0) is 19.8 Å². The molecule has 2 rings (SSSR count). The summed E-state index contributed by atoms with van der Waals surface area (Å²) in [5.41, 5.74) is 1.46. The molecule has 1 N–H and O–H groups in total. The highest BCUT2D eigenvalue weighted by atomic mass is 16.5. The Hall–Kier alpha value is -2.02. The van der Waals surface area contributed by atoms with Gasteiger partial charge in [0.05, 0.1) is 36.4 Å². The third-order valence-corrected chi connectivity index (χ3v) is 3.61. The zero-order valence-electron chi connectivity index (χ0n) is 13.0. The minimum Gasteiger partial charge on any atom is -0.372 e. The molecule has 0 bridgehead atoms. The van der Waals surface area contributed by atoms with E-state index < -0.39 is 0 Å². The van der Waals surface area contributed by atoms with Gasteiger partial charge >= 0.3 is 0 Å². The van der Waals surface area contributed by atoms with E-state index in [1.54, 1.807) is 19.3 Å². The lowest BCUT2D eigenvalue weighted by molar-refractivity contribution is -0.129. The van der Waals surface area contributed by atoms with Crippen LogP contribution in [0.2, 0.25) is 0 Å². The van der Waals surface area contributed by atoms with Gasteiger partial charge < -0.3 is 15.0 Å². The van der Waals surface area contributed by atoms with Crippen LogP contribution in [0.25, 0.3) is 0 Å². The highest BCUT2D eigenvalue weighted by Gasteiger charge is 2.29. The molecule has 1 saturated heterocycles. The Labute approximate surface area is 130 Å². The maximum atomic E-state index is 11.6. The summed E-state index contributed by atoms with van der Waals surface area (Å²) < 4.78 is 5.04. The van der Waals surface area contributed by atoms with Crippen molar-refractivity contribution in [3.63, 3.8) is 0 Å². The summed E-state index contributed by atoms with van der Waals surface area (Å²) in [7, 11) is 0. The lowest BCUT2D eigenvalue weighted by atomic mass is 10.1. The summed E-state index contributed by atoms with van der Waals surface area (Å²) >= 11 is 0. The summed E-state index contributed by atoms with van der Waals surface area (Å²) in [5.74, 6) is -0.125. The number of nitrogens with zero attached hydrogens (tertiary/aromatic N) is 3. The monoisotopic (exact) mass is 306 g/mol. The summed E-state index contributed by atoms with van der Waals surface area (Å²) in [6.45, 7) is 5.03. The number of nitrogens with one attached hydrogen (secondary N) is 1. The van der Waals surface area contributed by atoms with E-state index in [9.17, 15) is 9.59 Å². The van der Waals surface area contributed by atoms with Crippen LogP contribution in [0, 0.1) is 0 Å². The molecule has 7 nitrogen and oxygen atoms in total. The van der Waals surface area contributed by atoms with Crippen LogP contribution >= 0.6 is 0 Å². The molecule has 22 heavy (non-hydrogen) atoms. The molecule has 7 heteroatoms. The molecule has 1 aliphatic rings. The molecule has 0 aromatic carbocycles. The molecule has 2 amide bonds. The lowest BCUT2D eigenvalue weighted by Crippen LogP contribution is -2.30. The first kappa shape index (κ1) is 16.4. The minimum atomic E-state index is -0.180. The van der Waals surface area contributed by atoms with Gasteiger partial charge in [-0.1, -0.05) is 0 Å². The number of hydrogen-bond donors (Lipinski definition) is 1. The Morgan fingerprint density at radius 2 is 2.27 bits per heavy atom. The van der Waals surface area contributed by atoms with Crippen molar-refractivity contribution in [2.45, 2.75) is 39.3 Å². The van der Waals surface area contributed by atoms with E-state index in [-0.39, 0.29) is 24.5 Å². The molecule has 1 aromatic heterocycles. The molecule has 1 fully saturated rings. The van der Waals surface area contributed by atoms with Crippen molar-refractivity contribution in [2.75, 3.05) is 19.8 Å². The van der Waals surface area contributed by atoms with Crippen LogP contribution in [0.5, 0.6) is 0 Å². The first-order valence-electron chi connectivity index (χ1n) is 7.54. The zero-order chi connectivity index (χ0) is 15.9. The molecule has 1 atom stereocenters. The van der Waals surface area contributed by atoms with Crippen LogP contribution in [-0.2, 0) is 20.9 Å². The summed E-state index contributed by atoms with van der Waals surface area (Å²) in [6, 6.07) is -0.0101. The summed E-state index contributed by atoms with van der Waals surface area (Å²) in [4.78, 5) is 33.7. The van der Waals surface area contributed by atoms with E-state index in [0.29, 0.717) is 18.8 Å². The van der Waals surface area contributed by atoms with Crippen molar-refractivity contribution in [1.29, 1.82) is 0 Å². The maximum absolute atomic E-state index is 11.6. The quantitative estimate of drug-likeness (QED) is 0.841. The number of hydrogen-bond acceptors (Lipinski definition) is 5. The minimum absolute atomic E-state index is 0.0101. The molecule has 2 heterocycles. The van der Waals surface area contributed by atoms with Crippen molar-refractivity contribution in [2.24, 2.45) is 0 Å². The molecule has 120 valence electrons. The Kier molecular flexibility index (Phi) is 5.83. The van der Waals surface area contributed by atoms with Gasteiger partial charge in [0, 0.05) is 20.1 Å². The fourth-order valence-corrected chi connectivity index (χ4v) is 2.55. The SMILES string of the molecule is CCOCC(=O)NCc1cncc([C@@H]2CCCN2C(C)=O)n1. The second-order valence-corrected chi connectivity index (χ2v) is 5.22. The van der Waals surface area contributed by atoms with Crippen LogP contribution in [-0.4, -0.2) is 46.4 Å². The van der Waals surface area contributed by atoms with Crippen LogP contribution in [0.15, 0.2) is 12.4 Å². The fraction of sp³-hybridized carbons (Fsp3) is 0.600. The fourth-order valence-electron chi connectivity index (χ4n) is 2.55. The highest BCUT2D eigenvalue weighted by molar-refractivity contribution is 5.77. The molecule has 1 aromatic rings. The van der Waals surface area contributed by atoms with E-state index in [2.05, 4.69) is 15.3 Å². The third-order valence-electron chi connectivity index (χ3n) is 3.61. The van der Waals surface area contributed by atoms with Gasteiger partial charge in [-0.3, -0.25) is 19.6 Å². The predicted molar refractivity (Wildman–Crippen MR) is 79.7 cm³/mol. The lowest BCUT2D eigenvalue weighted by Gasteiger charge is -2.22. The topological polar surface area (TPSA) is 84.4 Å². The number of rotatable bonds is 6. The average molecular weight is 306 g/mol. The Bertz CT molecular complexity index is 535. The van der Waals surface area contributed by atoms with Gasteiger partial charge in [0.25, 0.3) is 0 Å². The zero-order valence-corrected chi connectivity index (χ0v) is 13.0. The van der Waals surface area contributed by atoms with Crippen molar-refractivity contribution >= 4 is 11.8 Å². The molecule has 0 spiro atoms. The van der Waals surface area contributed by atoms with Crippen LogP contribution < -0.4 is 5.32 Å². The van der Waals surface area contributed by atoms with E-state index in [1.165, 1.54) is 0 Å².